The van der Waals surface area contributed by atoms with E-state index < -0.39 is 5.41 Å². The molecule has 1 saturated carbocycles. The molecule has 0 saturated heterocycles. The fourth-order valence-electron chi connectivity index (χ4n) is 2.98. The third kappa shape index (κ3) is 2.84. The first-order valence-electron chi connectivity index (χ1n) is 7.11. The van der Waals surface area contributed by atoms with Gasteiger partial charge in [0.15, 0.2) is 5.78 Å². The molecule has 0 amide bonds. The Labute approximate surface area is 125 Å². The summed E-state index contributed by atoms with van der Waals surface area (Å²) in [4.78, 5) is 13.0. The lowest BCUT2D eigenvalue weighted by Gasteiger charge is -2.37. The number of methoxy groups -OCH3 is 1. The van der Waals surface area contributed by atoms with Crippen LogP contribution >= 0.6 is 11.6 Å². The number of rotatable bonds is 4. The highest BCUT2D eigenvalue weighted by Gasteiger charge is 2.41. The molecule has 0 radical (unpaired) electrons. The number of nitrogens with two attached hydrogens (primary N) is 1. The van der Waals surface area contributed by atoms with Crippen LogP contribution in [0.15, 0.2) is 18.2 Å². The molecule has 0 atom stereocenters. The zero-order valence-electron chi connectivity index (χ0n) is 12.1. The summed E-state index contributed by atoms with van der Waals surface area (Å²) in [5.41, 5.74) is 6.06. The van der Waals surface area contributed by atoms with E-state index in [1.807, 2.05) is 0 Å². The highest BCUT2D eigenvalue weighted by atomic mass is 35.5. The highest BCUT2D eigenvalue weighted by Crippen LogP contribution is 2.42. The molecule has 1 fully saturated rings. The maximum absolute atomic E-state index is 13.0. The van der Waals surface area contributed by atoms with Gasteiger partial charge in [-0.05, 0) is 49.8 Å². The van der Waals surface area contributed by atoms with Crippen molar-refractivity contribution >= 4 is 17.4 Å². The molecule has 2 N–H and O–H groups in total. The van der Waals surface area contributed by atoms with Crippen LogP contribution in [0.4, 0.5) is 0 Å². The van der Waals surface area contributed by atoms with Gasteiger partial charge in [-0.1, -0.05) is 18.5 Å². The number of ether oxygens (including phenoxy) is 1. The fraction of sp³-hybridized carbons (Fsp3) is 0.562. The van der Waals surface area contributed by atoms with Gasteiger partial charge < -0.3 is 10.5 Å². The van der Waals surface area contributed by atoms with Gasteiger partial charge in [0.2, 0.25) is 0 Å². The predicted octanol–water partition coefficient (Wildman–Crippen LogP) is 3.69. The smallest absolute Gasteiger partial charge is 0.174 e. The van der Waals surface area contributed by atoms with Crippen molar-refractivity contribution in [3.8, 4) is 5.75 Å². The predicted molar refractivity (Wildman–Crippen MR) is 81.5 cm³/mol. The third-order valence-corrected chi connectivity index (χ3v) is 4.75. The highest BCUT2D eigenvalue weighted by molar-refractivity contribution is 6.31. The maximum atomic E-state index is 13.0. The van der Waals surface area contributed by atoms with Crippen LogP contribution in [0.5, 0.6) is 5.75 Å². The molecule has 2 rings (SSSR count). The zero-order valence-corrected chi connectivity index (χ0v) is 12.9. The van der Waals surface area contributed by atoms with Crippen molar-refractivity contribution in [2.75, 3.05) is 13.7 Å². The average molecular weight is 296 g/mol. The van der Waals surface area contributed by atoms with Crippen molar-refractivity contribution in [2.24, 2.45) is 17.1 Å². The van der Waals surface area contributed by atoms with Crippen molar-refractivity contribution in [1.82, 2.24) is 0 Å². The van der Waals surface area contributed by atoms with Gasteiger partial charge in [-0.2, -0.15) is 0 Å². The molecule has 0 aromatic heterocycles. The van der Waals surface area contributed by atoms with Gasteiger partial charge in [0.1, 0.15) is 5.75 Å². The SMILES string of the molecule is COc1ccc(Cl)cc1C(=O)C1(CN)CCC(C)CC1. The summed E-state index contributed by atoms with van der Waals surface area (Å²) in [7, 11) is 1.57. The van der Waals surface area contributed by atoms with Crippen LogP contribution in [-0.2, 0) is 0 Å². The van der Waals surface area contributed by atoms with Crippen molar-refractivity contribution in [1.29, 1.82) is 0 Å². The Hall–Kier alpha value is -1.06. The summed E-state index contributed by atoms with van der Waals surface area (Å²) >= 11 is 6.03. The van der Waals surface area contributed by atoms with Gasteiger partial charge in [-0.25, -0.2) is 0 Å². The first-order chi connectivity index (χ1) is 9.52. The molecule has 3 nitrogen and oxygen atoms in total. The van der Waals surface area contributed by atoms with Crippen LogP contribution in [0, 0.1) is 11.3 Å². The second kappa shape index (κ2) is 6.15. The summed E-state index contributed by atoms with van der Waals surface area (Å²) in [5, 5.41) is 0.547. The third-order valence-electron chi connectivity index (χ3n) is 4.51. The lowest BCUT2D eigenvalue weighted by atomic mass is 9.67. The molecule has 4 heteroatoms. The molecule has 1 aliphatic carbocycles. The number of hydrogen-bond acceptors (Lipinski definition) is 3. The summed E-state index contributed by atoms with van der Waals surface area (Å²) < 4.78 is 5.30. The maximum Gasteiger partial charge on any atom is 0.174 e. The Morgan fingerprint density at radius 2 is 2.10 bits per heavy atom. The normalized spacial score (nSPS) is 26.3. The van der Waals surface area contributed by atoms with Gasteiger partial charge in [0.25, 0.3) is 0 Å². The first kappa shape index (κ1) is 15.3. The molecular formula is C16H22ClNO2. The quantitative estimate of drug-likeness (QED) is 0.862. The van der Waals surface area contributed by atoms with E-state index in [0.717, 1.165) is 25.7 Å². The Bertz CT molecular complexity index is 493. The van der Waals surface area contributed by atoms with E-state index in [0.29, 0.717) is 28.8 Å². The monoisotopic (exact) mass is 295 g/mol. The molecule has 0 bridgehead atoms. The number of ketones is 1. The van der Waals surface area contributed by atoms with Crippen LogP contribution < -0.4 is 10.5 Å². The van der Waals surface area contributed by atoms with Crippen molar-refractivity contribution in [2.45, 2.75) is 32.6 Å². The van der Waals surface area contributed by atoms with Crippen molar-refractivity contribution < 1.29 is 9.53 Å². The van der Waals surface area contributed by atoms with E-state index in [1.54, 1.807) is 25.3 Å². The van der Waals surface area contributed by atoms with Crippen LogP contribution in [-0.4, -0.2) is 19.4 Å². The second-order valence-corrected chi connectivity index (χ2v) is 6.28. The average Bonchev–Trinajstić information content (AvgIpc) is 2.47. The largest absolute Gasteiger partial charge is 0.496 e. The molecule has 1 aromatic rings. The standard InChI is InChI=1S/C16H22ClNO2/c1-11-5-7-16(10-18,8-6-11)15(19)13-9-12(17)3-4-14(13)20-2/h3-4,9,11H,5-8,10,18H2,1-2H3. The summed E-state index contributed by atoms with van der Waals surface area (Å²) in [6.45, 7) is 2.61. The molecule has 1 aromatic carbocycles. The van der Waals surface area contributed by atoms with E-state index in [-0.39, 0.29) is 5.78 Å². The van der Waals surface area contributed by atoms with Gasteiger partial charge in [-0.15, -0.1) is 0 Å². The number of halogens is 1. The Morgan fingerprint density at radius 3 is 2.65 bits per heavy atom. The van der Waals surface area contributed by atoms with Crippen LogP contribution in [0.25, 0.3) is 0 Å². The Kier molecular flexibility index (Phi) is 4.71. The number of Topliss-reactive ketones (excluding diaryl/α,β-unsaturated/α-hetero) is 1. The number of carbonyl (C=O) groups excluding carboxylic acids is 1. The van der Waals surface area contributed by atoms with E-state index in [9.17, 15) is 4.79 Å². The van der Waals surface area contributed by atoms with Crippen LogP contribution in [0.2, 0.25) is 5.02 Å². The van der Waals surface area contributed by atoms with Gasteiger partial charge >= 0.3 is 0 Å². The van der Waals surface area contributed by atoms with Crippen LogP contribution in [0.3, 0.4) is 0 Å². The number of hydrogen-bond donors (Lipinski definition) is 1. The fourth-order valence-corrected chi connectivity index (χ4v) is 3.15. The molecule has 0 spiro atoms. The zero-order chi connectivity index (χ0) is 14.8. The molecule has 1 aliphatic rings. The molecule has 20 heavy (non-hydrogen) atoms. The van der Waals surface area contributed by atoms with E-state index in [2.05, 4.69) is 6.92 Å². The molecule has 0 aliphatic heterocycles. The number of benzene rings is 1. The molecule has 0 heterocycles. The molecule has 110 valence electrons. The Balaban J connectivity index is 2.36. The van der Waals surface area contributed by atoms with E-state index in [4.69, 9.17) is 22.1 Å². The van der Waals surface area contributed by atoms with Gasteiger partial charge in [0, 0.05) is 17.0 Å². The van der Waals surface area contributed by atoms with Crippen molar-refractivity contribution in [3.05, 3.63) is 28.8 Å². The second-order valence-electron chi connectivity index (χ2n) is 5.84. The minimum absolute atomic E-state index is 0.0752. The lowest BCUT2D eigenvalue weighted by molar-refractivity contribution is 0.0692. The topological polar surface area (TPSA) is 52.3 Å². The van der Waals surface area contributed by atoms with Gasteiger partial charge in [-0.3, -0.25) is 4.79 Å². The van der Waals surface area contributed by atoms with E-state index >= 15 is 0 Å². The minimum atomic E-state index is -0.454. The first-order valence-corrected chi connectivity index (χ1v) is 7.48. The van der Waals surface area contributed by atoms with E-state index in [1.165, 1.54) is 0 Å². The van der Waals surface area contributed by atoms with Gasteiger partial charge in [0.05, 0.1) is 12.7 Å². The van der Waals surface area contributed by atoms with Crippen molar-refractivity contribution in [3.63, 3.8) is 0 Å². The summed E-state index contributed by atoms with van der Waals surface area (Å²) in [6, 6.07) is 5.17. The number of carbonyl (C=O) groups is 1. The minimum Gasteiger partial charge on any atom is -0.496 e. The summed E-state index contributed by atoms with van der Waals surface area (Å²) in [6.07, 6.45) is 3.79. The Morgan fingerprint density at radius 1 is 1.45 bits per heavy atom. The van der Waals surface area contributed by atoms with Crippen LogP contribution in [0.1, 0.15) is 43.0 Å². The summed E-state index contributed by atoms with van der Waals surface area (Å²) in [5.74, 6) is 1.32. The molecular weight excluding hydrogens is 274 g/mol. The molecule has 0 unspecified atom stereocenters. The lowest BCUT2D eigenvalue weighted by Crippen LogP contribution is -2.41.